The highest BCUT2D eigenvalue weighted by Gasteiger charge is 2.72. The number of hydrogen-bond acceptors (Lipinski definition) is 9. The molecule has 0 radical (unpaired) electrons. The van der Waals surface area contributed by atoms with Crippen molar-refractivity contribution in [2.45, 2.75) is 51.1 Å². The SMILES string of the molecule is CCC(C)(C)C(=O)OCCNC(=O)OC1C2CC3C1OS(=O)(=O)C3C2C(=O)OC. The first kappa shape index (κ1) is 21.8. The second kappa shape index (κ2) is 7.75. The van der Waals surface area contributed by atoms with Gasteiger partial charge in [-0.1, -0.05) is 6.92 Å². The first-order valence-electron chi connectivity index (χ1n) is 9.65. The molecule has 1 heterocycles. The summed E-state index contributed by atoms with van der Waals surface area (Å²) in [6, 6.07) is 0. The zero-order chi connectivity index (χ0) is 21.6. The van der Waals surface area contributed by atoms with E-state index in [-0.39, 0.29) is 19.1 Å². The van der Waals surface area contributed by atoms with E-state index in [1.165, 1.54) is 7.11 Å². The number of fused-ring (bicyclic) bond motifs is 1. The summed E-state index contributed by atoms with van der Waals surface area (Å²) < 4.78 is 45.0. The molecule has 3 fully saturated rings. The van der Waals surface area contributed by atoms with Gasteiger partial charge < -0.3 is 19.5 Å². The van der Waals surface area contributed by atoms with Gasteiger partial charge in [-0.25, -0.2) is 4.79 Å². The second-order valence-electron chi connectivity index (χ2n) is 8.30. The van der Waals surface area contributed by atoms with Crippen molar-refractivity contribution in [3.63, 3.8) is 0 Å². The van der Waals surface area contributed by atoms with Gasteiger partial charge in [0, 0.05) is 11.8 Å². The maximum atomic E-state index is 12.3. The molecular formula is C18H27NO9S. The average molecular weight is 433 g/mol. The Morgan fingerprint density at radius 2 is 1.90 bits per heavy atom. The van der Waals surface area contributed by atoms with Crippen LogP contribution in [0.2, 0.25) is 0 Å². The highest BCUT2D eigenvalue weighted by molar-refractivity contribution is 7.87. The van der Waals surface area contributed by atoms with E-state index in [2.05, 4.69) is 5.32 Å². The molecule has 2 bridgehead atoms. The highest BCUT2D eigenvalue weighted by atomic mass is 32.2. The van der Waals surface area contributed by atoms with Crippen LogP contribution in [0.15, 0.2) is 0 Å². The van der Waals surface area contributed by atoms with E-state index < -0.39 is 62.8 Å². The molecule has 0 spiro atoms. The van der Waals surface area contributed by atoms with E-state index in [1.54, 1.807) is 13.8 Å². The van der Waals surface area contributed by atoms with E-state index in [0.717, 1.165) is 0 Å². The number of amides is 1. The van der Waals surface area contributed by atoms with Crippen molar-refractivity contribution in [3.8, 4) is 0 Å². The zero-order valence-corrected chi connectivity index (χ0v) is 17.7. The van der Waals surface area contributed by atoms with E-state index in [1.807, 2.05) is 6.92 Å². The van der Waals surface area contributed by atoms with Gasteiger partial charge in [-0.05, 0) is 26.7 Å². The smallest absolute Gasteiger partial charge is 0.407 e. The normalized spacial score (nSPS) is 33.9. The van der Waals surface area contributed by atoms with Crippen LogP contribution in [0.3, 0.4) is 0 Å². The lowest BCUT2D eigenvalue weighted by molar-refractivity contribution is -0.153. The van der Waals surface area contributed by atoms with Gasteiger partial charge in [-0.15, -0.1) is 0 Å². The molecule has 6 atom stereocenters. The molecule has 0 aromatic carbocycles. The Hall–Kier alpha value is -1.88. The van der Waals surface area contributed by atoms with Gasteiger partial charge in [0.2, 0.25) is 0 Å². The second-order valence-corrected chi connectivity index (χ2v) is 10.0. The molecule has 3 rings (SSSR count). The number of nitrogens with one attached hydrogen (secondary N) is 1. The summed E-state index contributed by atoms with van der Waals surface area (Å²) in [7, 11) is -2.73. The lowest BCUT2D eigenvalue weighted by Gasteiger charge is -2.29. The summed E-state index contributed by atoms with van der Waals surface area (Å²) >= 11 is 0. The van der Waals surface area contributed by atoms with E-state index >= 15 is 0 Å². The maximum Gasteiger partial charge on any atom is 0.407 e. The molecule has 11 heteroatoms. The highest BCUT2D eigenvalue weighted by Crippen LogP contribution is 2.58. The van der Waals surface area contributed by atoms with Gasteiger partial charge in [0.1, 0.15) is 24.1 Å². The minimum absolute atomic E-state index is 0.0186. The minimum Gasteiger partial charge on any atom is -0.469 e. The maximum absolute atomic E-state index is 12.3. The van der Waals surface area contributed by atoms with Crippen molar-refractivity contribution in [2.24, 2.45) is 23.2 Å². The number of hydrogen-bond donors (Lipinski definition) is 1. The minimum atomic E-state index is -3.92. The first-order valence-corrected chi connectivity index (χ1v) is 11.1. The standard InChI is InChI=1S/C18H27NO9S/c1-5-18(2,3)16(21)26-7-6-19-17(22)27-12-9-8-10-13(12)28-29(23,24)14(10)11(9)15(20)25-4/h9-14H,5-8H2,1-4H3,(H,19,22). The van der Waals surface area contributed by atoms with Crippen LogP contribution in [0, 0.1) is 23.2 Å². The lowest BCUT2D eigenvalue weighted by atomic mass is 9.84. The molecular weight excluding hydrogens is 406 g/mol. The van der Waals surface area contributed by atoms with Crippen molar-refractivity contribution in [3.05, 3.63) is 0 Å². The average Bonchev–Trinajstić information content (AvgIpc) is 3.26. The monoisotopic (exact) mass is 433 g/mol. The van der Waals surface area contributed by atoms with Crippen LogP contribution in [0.5, 0.6) is 0 Å². The number of carbonyl (C=O) groups is 3. The van der Waals surface area contributed by atoms with Crippen LogP contribution in [-0.2, 0) is 38.1 Å². The van der Waals surface area contributed by atoms with Gasteiger partial charge in [-0.2, -0.15) is 8.42 Å². The molecule has 2 aliphatic carbocycles. The summed E-state index contributed by atoms with van der Waals surface area (Å²) in [5.41, 5.74) is -0.603. The summed E-state index contributed by atoms with van der Waals surface area (Å²) in [6.07, 6.45) is -1.40. The third-order valence-corrected chi connectivity index (χ3v) is 8.09. The van der Waals surface area contributed by atoms with E-state index in [4.69, 9.17) is 18.4 Å². The third-order valence-electron chi connectivity index (χ3n) is 6.29. The number of ether oxygens (including phenoxy) is 3. The Morgan fingerprint density at radius 3 is 2.52 bits per heavy atom. The van der Waals surface area contributed by atoms with Crippen LogP contribution in [-0.4, -0.2) is 64.2 Å². The predicted octanol–water partition coefficient (Wildman–Crippen LogP) is 0.597. The van der Waals surface area contributed by atoms with Crippen molar-refractivity contribution in [1.82, 2.24) is 5.32 Å². The molecule has 2 saturated carbocycles. The number of carbonyl (C=O) groups excluding carboxylic acids is 3. The van der Waals surface area contributed by atoms with Crippen LogP contribution < -0.4 is 5.32 Å². The van der Waals surface area contributed by atoms with Crippen LogP contribution in [0.1, 0.15) is 33.6 Å². The van der Waals surface area contributed by atoms with Crippen LogP contribution in [0.25, 0.3) is 0 Å². The summed E-state index contributed by atoms with van der Waals surface area (Å²) in [5.74, 6) is -2.80. The van der Waals surface area contributed by atoms with Gasteiger partial charge >= 0.3 is 18.0 Å². The quantitative estimate of drug-likeness (QED) is 0.265. The van der Waals surface area contributed by atoms with Crippen molar-refractivity contribution >= 4 is 28.1 Å². The van der Waals surface area contributed by atoms with Gasteiger partial charge in [0.25, 0.3) is 10.1 Å². The fourth-order valence-electron chi connectivity index (χ4n) is 4.39. The van der Waals surface area contributed by atoms with Crippen molar-refractivity contribution in [2.75, 3.05) is 20.3 Å². The Bertz CT molecular complexity index is 793. The lowest BCUT2D eigenvalue weighted by Crippen LogP contribution is -2.47. The zero-order valence-electron chi connectivity index (χ0n) is 16.9. The summed E-state index contributed by atoms with van der Waals surface area (Å²) in [4.78, 5) is 36.2. The molecule has 0 aromatic rings. The molecule has 1 amide bonds. The van der Waals surface area contributed by atoms with Crippen LogP contribution in [0.4, 0.5) is 4.79 Å². The van der Waals surface area contributed by atoms with Crippen molar-refractivity contribution in [1.29, 1.82) is 0 Å². The molecule has 0 aromatic heterocycles. The Morgan fingerprint density at radius 1 is 1.21 bits per heavy atom. The molecule has 1 saturated heterocycles. The Balaban J connectivity index is 1.55. The third kappa shape index (κ3) is 3.81. The summed E-state index contributed by atoms with van der Waals surface area (Å²) in [6.45, 7) is 5.44. The van der Waals surface area contributed by atoms with Crippen molar-refractivity contribution < 1.29 is 41.2 Å². The molecule has 1 aliphatic heterocycles. The largest absolute Gasteiger partial charge is 0.469 e. The fraction of sp³-hybridized carbons (Fsp3) is 0.833. The van der Waals surface area contributed by atoms with E-state index in [0.29, 0.717) is 12.8 Å². The Labute approximate surface area is 169 Å². The predicted molar refractivity (Wildman–Crippen MR) is 98.0 cm³/mol. The molecule has 10 nitrogen and oxygen atoms in total. The van der Waals surface area contributed by atoms with Gasteiger partial charge in [0.05, 0.1) is 25.0 Å². The number of esters is 2. The Kier molecular flexibility index (Phi) is 5.83. The molecule has 29 heavy (non-hydrogen) atoms. The number of rotatable bonds is 7. The topological polar surface area (TPSA) is 134 Å². The summed E-state index contributed by atoms with van der Waals surface area (Å²) in [5, 5.41) is 1.52. The molecule has 3 aliphatic rings. The number of methoxy groups -OCH3 is 1. The molecule has 6 unspecified atom stereocenters. The van der Waals surface area contributed by atoms with Gasteiger partial charge in [0.15, 0.2) is 0 Å². The van der Waals surface area contributed by atoms with E-state index in [9.17, 15) is 22.8 Å². The fourth-order valence-corrected chi connectivity index (χ4v) is 6.45. The van der Waals surface area contributed by atoms with Gasteiger partial charge in [-0.3, -0.25) is 13.8 Å². The number of alkyl carbamates (subject to hydrolysis) is 1. The van der Waals surface area contributed by atoms with Crippen LogP contribution >= 0.6 is 0 Å². The molecule has 1 N–H and O–H groups in total. The first-order chi connectivity index (χ1) is 13.5. The molecule has 164 valence electrons.